The molecule has 0 amide bonds. The summed E-state index contributed by atoms with van der Waals surface area (Å²) < 4.78 is 28.6. The monoisotopic (exact) mass is 376 g/mol. The second-order valence-electron chi connectivity index (χ2n) is 7.41. The van der Waals surface area contributed by atoms with Gasteiger partial charge in [-0.2, -0.15) is 4.98 Å². The van der Waals surface area contributed by atoms with Gasteiger partial charge in [0.2, 0.25) is 0 Å². The highest BCUT2D eigenvalue weighted by atomic mass is 32.2. The molecule has 0 unspecified atom stereocenters. The smallest absolute Gasteiger partial charge is 0.258 e. The maximum atomic E-state index is 11.6. The van der Waals surface area contributed by atoms with Crippen molar-refractivity contribution in [2.45, 2.75) is 37.8 Å². The number of hydrogen-bond donors (Lipinski definition) is 1. The predicted octanol–water partition coefficient (Wildman–Crippen LogP) is 1.69. The standard InChI is InChI=1S/C18H24N4O3S/c19-18(6-1-2-7-18)17-20-16(25-21-17)15-5-3-4-14(12-15)13-22-8-10-26(23,24)11-9-22/h3-5,12H,1-2,6-11,13,19H2. The molecule has 2 heterocycles. The Morgan fingerprint density at radius 3 is 2.65 bits per heavy atom. The fraction of sp³-hybridized carbons (Fsp3) is 0.556. The number of benzene rings is 1. The van der Waals surface area contributed by atoms with E-state index in [-0.39, 0.29) is 11.5 Å². The maximum absolute atomic E-state index is 11.6. The van der Waals surface area contributed by atoms with Gasteiger partial charge in [-0.1, -0.05) is 30.1 Å². The molecule has 0 radical (unpaired) electrons. The van der Waals surface area contributed by atoms with Crippen LogP contribution in [-0.4, -0.2) is 48.1 Å². The summed E-state index contributed by atoms with van der Waals surface area (Å²) in [7, 11) is -2.86. The van der Waals surface area contributed by atoms with E-state index in [1.807, 2.05) is 24.3 Å². The largest absolute Gasteiger partial charge is 0.334 e. The summed E-state index contributed by atoms with van der Waals surface area (Å²) in [6.45, 7) is 1.87. The average molecular weight is 376 g/mol. The molecule has 1 aliphatic carbocycles. The molecule has 4 rings (SSSR count). The normalized spacial score (nSPS) is 22.5. The first-order chi connectivity index (χ1) is 12.4. The molecule has 0 atom stereocenters. The van der Waals surface area contributed by atoms with Gasteiger partial charge in [-0.05, 0) is 30.5 Å². The van der Waals surface area contributed by atoms with E-state index in [0.29, 0.717) is 31.3 Å². The maximum Gasteiger partial charge on any atom is 0.258 e. The molecule has 7 nitrogen and oxygen atoms in total. The molecule has 1 saturated carbocycles. The van der Waals surface area contributed by atoms with E-state index in [4.69, 9.17) is 10.3 Å². The minimum Gasteiger partial charge on any atom is -0.334 e. The van der Waals surface area contributed by atoms with Gasteiger partial charge in [0.15, 0.2) is 15.7 Å². The van der Waals surface area contributed by atoms with E-state index in [2.05, 4.69) is 15.0 Å². The van der Waals surface area contributed by atoms with Crippen molar-refractivity contribution in [2.75, 3.05) is 24.6 Å². The molecular weight excluding hydrogens is 352 g/mol. The lowest BCUT2D eigenvalue weighted by Gasteiger charge is -2.26. The van der Waals surface area contributed by atoms with Crippen LogP contribution < -0.4 is 5.73 Å². The van der Waals surface area contributed by atoms with Crippen LogP contribution in [0.4, 0.5) is 0 Å². The van der Waals surface area contributed by atoms with Crippen LogP contribution in [0.15, 0.2) is 28.8 Å². The molecule has 8 heteroatoms. The summed E-state index contributed by atoms with van der Waals surface area (Å²) in [4.78, 5) is 6.71. The zero-order chi connectivity index (χ0) is 18.2. The average Bonchev–Trinajstić information content (AvgIpc) is 3.27. The molecule has 1 aromatic carbocycles. The third kappa shape index (κ3) is 3.67. The first-order valence-electron chi connectivity index (χ1n) is 9.09. The minimum absolute atomic E-state index is 0.234. The lowest BCUT2D eigenvalue weighted by molar-refractivity contribution is 0.287. The Balaban J connectivity index is 1.49. The summed E-state index contributed by atoms with van der Waals surface area (Å²) in [6, 6.07) is 7.96. The van der Waals surface area contributed by atoms with Crippen LogP contribution >= 0.6 is 0 Å². The number of hydrogen-bond acceptors (Lipinski definition) is 7. The topological polar surface area (TPSA) is 102 Å². The Morgan fingerprint density at radius 2 is 1.92 bits per heavy atom. The van der Waals surface area contributed by atoms with Crippen molar-refractivity contribution in [3.8, 4) is 11.5 Å². The lowest BCUT2D eigenvalue weighted by Crippen LogP contribution is -2.39. The molecule has 140 valence electrons. The Morgan fingerprint density at radius 1 is 1.19 bits per heavy atom. The first-order valence-corrected chi connectivity index (χ1v) is 10.9. The molecule has 1 saturated heterocycles. The van der Waals surface area contributed by atoms with Gasteiger partial charge in [-0.25, -0.2) is 8.42 Å². The Kier molecular flexibility index (Phi) is 4.58. The van der Waals surface area contributed by atoms with Crippen molar-refractivity contribution in [1.29, 1.82) is 0 Å². The zero-order valence-corrected chi connectivity index (χ0v) is 15.5. The highest BCUT2D eigenvalue weighted by molar-refractivity contribution is 7.91. The van der Waals surface area contributed by atoms with Crippen LogP contribution in [0.5, 0.6) is 0 Å². The van der Waals surface area contributed by atoms with E-state index in [1.54, 1.807) is 0 Å². The molecular formula is C18H24N4O3S. The summed E-state index contributed by atoms with van der Waals surface area (Å²) in [5, 5.41) is 4.12. The van der Waals surface area contributed by atoms with Crippen LogP contribution in [0.1, 0.15) is 37.1 Å². The SMILES string of the molecule is NC1(c2noc(-c3cccc(CN4CCS(=O)(=O)CC4)c3)n2)CCCC1. The number of nitrogens with two attached hydrogens (primary N) is 1. The predicted molar refractivity (Wildman–Crippen MR) is 98.0 cm³/mol. The Bertz CT molecular complexity index is 873. The third-order valence-electron chi connectivity index (χ3n) is 5.38. The van der Waals surface area contributed by atoms with Gasteiger partial charge in [0.05, 0.1) is 17.0 Å². The van der Waals surface area contributed by atoms with E-state index in [1.165, 1.54) is 0 Å². The van der Waals surface area contributed by atoms with Gasteiger partial charge in [0.1, 0.15) is 0 Å². The van der Waals surface area contributed by atoms with Crippen LogP contribution in [0.2, 0.25) is 0 Å². The molecule has 1 aliphatic heterocycles. The fourth-order valence-electron chi connectivity index (χ4n) is 3.74. The molecule has 2 aliphatic rings. The molecule has 2 aromatic rings. The second kappa shape index (κ2) is 6.75. The Labute approximate surface area is 153 Å². The van der Waals surface area contributed by atoms with Crippen LogP contribution in [-0.2, 0) is 21.9 Å². The number of aromatic nitrogens is 2. The molecule has 0 spiro atoms. The van der Waals surface area contributed by atoms with Gasteiger partial charge in [-0.15, -0.1) is 0 Å². The van der Waals surface area contributed by atoms with E-state index < -0.39 is 15.4 Å². The summed E-state index contributed by atoms with van der Waals surface area (Å²) >= 11 is 0. The molecule has 2 fully saturated rings. The summed E-state index contributed by atoms with van der Waals surface area (Å²) in [5.41, 5.74) is 7.92. The number of nitrogens with zero attached hydrogens (tertiary/aromatic N) is 3. The Hall–Kier alpha value is -1.77. The van der Waals surface area contributed by atoms with Crippen LogP contribution in [0.3, 0.4) is 0 Å². The minimum atomic E-state index is -2.86. The van der Waals surface area contributed by atoms with Gasteiger partial charge in [-0.3, -0.25) is 4.90 Å². The van der Waals surface area contributed by atoms with Gasteiger partial charge < -0.3 is 10.3 Å². The van der Waals surface area contributed by atoms with Gasteiger partial charge >= 0.3 is 0 Å². The number of sulfone groups is 1. The second-order valence-corrected chi connectivity index (χ2v) is 9.72. The van der Waals surface area contributed by atoms with Crippen molar-refractivity contribution in [2.24, 2.45) is 5.73 Å². The highest BCUT2D eigenvalue weighted by Gasteiger charge is 2.36. The third-order valence-corrected chi connectivity index (χ3v) is 6.99. The van der Waals surface area contributed by atoms with Gasteiger partial charge in [0.25, 0.3) is 5.89 Å². The van der Waals surface area contributed by atoms with Crippen LogP contribution in [0, 0.1) is 0 Å². The van der Waals surface area contributed by atoms with Crippen molar-refractivity contribution in [3.63, 3.8) is 0 Å². The van der Waals surface area contributed by atoms with Crippen LogP contribution in [0.25, 0.3) is 11.5 Å². The fourth-order valence-corrected chi connectivity index (χ4v) is 5.02. The van der Waals surface area contributed by atoms with Crippen molar-refractivity contribution in [1.82, 2.24) is 15.0 Å². The van der Waals surface area contributed by atoms with E-state index >= 15 is 0 Å². The molecule has 1 aromatic heterocycles. The zero-order valence-electron chi connectivity index (χ0n) is 14.7. The molecule has 0 bridgehead atoms. The van der Waals surface area contributed by atoms with Crippen molar-refractivity contribution < 1.29 is 12.9 Å². The van der Waals surface area contributed by atoms with Gasteiger partial charge in [0, 0.05) is 25.2 Å². The molecule has 2 N–H and O–H groups in total. The summed E-state index contributed by atoms with van der Waals surface area (Å²) in [5.74, 6) is 1.55. The highest BCUT2D eigenvalue weighted by Crippen LogP contribution is 2.35. The number of rotatable bonds is 4. The summed E-state index contributed by atoms with van der Waals surface area (Å²) in [6.07, 6.45) is 3.98. The van der Waals surface area contributed by atoms with Crippen molar-refractivity contribution in [3.05, 3.63) is 35.7 Å². The van der Waals surface area contributed by atoms with Crippen molar-refractivity contribution >= 4 is 9.84 Å². The first kappa shape index (κ1) is 17.6. The molecule has 26 heavy (non-hydrogen) atoms. The van der Waals surface area contributed by atoms with E-state index in [9.17, 15) is 8.42 Å². The van der Waals surface area contributed by atoms with E-state index in [0.717, 1.165) is 36.8 Å². The quantitative estimate of drug-likeness (QED) is 0.866. The lowest BCUT2D eigenvalue weighted by atomic mass is 9.98.